The van der Waals surface area contributed by atoms with Crippen molar-refractivity contribution in [2.45, 2.75) is 13.3 Å². The van der Waals surface area contributed by atoms with E-state index in [2.05, 4.69) is 35.3 Å². The third kappa shape index (κ3) is 2.50. The number of hydrogen-bond acceptors (Lipinski definition) is 4. The number of carbonyl (C=O) groups excluding carboxylic acids is 1. The van der Waals surface area contributed by atoms with E-state index in [1.807, 2.05) is 16.7 Å². The monoisotopic (exact) mass is 281 g/mol. The minimum atomic E-state index is -0.407. The van der Waals surface area contributed by atoms with Crippen LogP contribution in [0.25, 0.3) is 5.65 Å². The molecule has 21 heavy (non-hydrogen) atoms. The number of aryl methyl sites for hydroxylation is 1. The standard InChI is InChI=1S/C16H15N3O2/c1-11-5-3-6-12(9-11)10-14-17-18-15-13(16(20)21-2)7-4-8-19(14)15/h3-9H,10H2,1-2H3. The minimum Gasteiger partial charge on any atom is -0.465 e. The van der Waals surface area contributed by atoms with Gasteiger partial charge in [0.15, 0.2) is 5.65 Å². The third-order valence-electron chi connectivity index (χ3n) is 3.36. The molecule has 3 rings (SSSR count). The molecule has 0 atom stereocenters. The largest absolute Gasteiger partial charge is 0.465 e. The fourth-order valence-corrected chi connectivity index (χ4v) is 2.36. The maximum absolute atomic E-state index is 11.7. The second-order valence-corrected chi connectivity index (χ2v) is 4.89. The van der Waals surface area contributed by atoms with Gasteiger partial charge in [-0.25, -0.2) is 4.79 Å². The van der Waals surface area contributed by atoms with Crippen molar-refractivity contribution in [3.8, 4) is 0 Å². The Labute approximate surface area is 122 Å². The van der Waals surface area contributed by atoms with Crippen LogP contribution in [0.3, 0.4) is 0 Å². The molecule has 0 aliphatic carbocycles. The van der Waals surface area contributed by atoms with Gasteiger partial charge in [-0.05, 0) is 24.6 Å². The number of benzene rings is 1. The summed E-state index contributed by atoms with van der Waals surface area (Å²) in [6.07, 6.45) is 2.51. The number of fused-ring (bicyclic) bond motifs is 1. The molecule has 0 saturated carbocycles. The zero-order valence-electron chi connectivity index (χ0n) is 11.9. The molecule has 5 nitrogen and oxygen atoms in total. The Morgan fingerprint density at radius 1 is 1.24 bits per heavy atom. The highest BCUT2D eigenvalue weighted by molar-refractivity contribution is 5.95. The van der Waals surface area contributed by atoms with Crippen molar-refractivity contribution in [2.24, 2.45) is 0 Å². The molecule has 2 aromatic heterocycles. The lowest BCUT2D eigenvalue weighted by Crippen LogP contribution is -2.05. The van der Waals surface area contributed by atoms with E-state index in [1.165, 1.54) is 12.7 Å². The lowest BCUT2D eigenvalue weighted by Gasteiger charge is -2.03. The van der Waals surface area contributed by atoms with E-state index in [-0.39, 0.29) is 0 Å². The molecule has 0 aliphatic rings. The van der Waals surface area contributed by atoms with Crippen LogP contribution in [-0.4, -0.2) is 27.7 Å². The summed E-state index contributed by atoms with van der Waals surface area (Å²) in [7, 11) is 1.36. The summed E-state index contributed by atoms with van der Waals surface area (Å²) < 4.78 is 6.60. The van der Waals surface area contributed by atoms with Gasteiger partial charge in [-0.1, -0.05) is 29.8 Å². The van der Waals surface area contributed by atoms with Crippen LogP contribution in [0.2, 0.25) is 0 Å². The predicted octanol–water partition coefficient (Wildman–Crippen LogP) is 2.42. The normalized spacial score (nSPS) is 10.8. The topological polar surface area (TPSA) is 56.5 Å². The van der Waals surface area contributed by atoms with E-state index in [1.54, 1.807) is 12.1 Å². The van der Waals surface area contributed by atoms with Gasteiger partial charge in [0.1, 0.15) is 11.4 Å². The average molecular weight is 281 g/mol. The van der Waals surface area contributed by atoms with E-state index in [0.29, 0.717) is 17.6 Å². The maximum atomic E-state index is 11.7. The van der Waals surface area contributed by atoms with Crippen LogP contribution in [0.5, 0.6) is 0 Å². The molecule has 0 amide bonds. The van der Waals surface area contributed by atoms with E-state index in [4.69, 9.17) is 4.74 Å². The van der Waals surface area contributed by atoms with Gasteiger partial charge in [0.05, 0.1) is 7.11 Å². The molecule has 2 heterocycles. The SMILES string of the molecule is COC(=O)c1cccn2c(Cc3cccc(C)c3)nnc12. The molecule has 0 radical (unpaired) electrons. The Kier molecular flexibility index (Phi) is 3.39. The smallest absolute Gasteiger partial charge is 0.341 e. The average Bonchev–Trinajstić information content (AvgIpc) is 2.90. The van der Waals surface area contributed by atoms with E-state index >= 15 is 0 Å². The molecule has 0 N–H and O–H groups in total. The van der Waals surface area contributed by atoms with Crippen LogP contribution >= 0.6 is 0 Å². The molecule has 0 fully saturated rings. The van der Waals surface area contributed by atoms with Crippen molar-refractivity contribution < 1.29 is 9.53 Å². The van der Waals surface area contributed by atoms with Gasteiger partial charge < -0.3 is 4.74 Å². The van der Waals surface area contributed by atoms with Crippen LogP contribution < -0.4 is 0 Å². The zero-order valence-corrected chi connectivity index (χ0v) is 11.9. The highest BCUT2D eigenvalue weighted by atomic mass is 16.5. The number of methoxy groups -OCH3 is 1. The summed E-state index contributed by atoms with van der Waals surface area (Å²) in [4.78, 5) is 11.7. The molecule has 0 unspecified atom stereocenters. The molecule has 5 heteroatoms. The Morgan fingerprint density at radius 2 is 2.10 bits per heavy atom. The second kappa shape index (κ2) is 5.36. The van der Waals surface area contributed by atoms with Gasteiger partial charge in [-0.15, -0.1) is 10.2 Å². The predicted molar refractivity (Wildman–Crippen MR) is 78.3 cm³/mol. The molecule has 0 spiro atoms. The first-order chi connectivity index (χ1) is 10.2. The van der Waals surface area contributed by atoms with Gasteiger partial charge in [-0.3, -0.25) is 4.40 Å². The van der Waals surface area contributed by atoms with Crippen LogP contribution in [-0.2, 0) is 11.2 Å². The molecule has 0 bridgehead atoms. The number of hydrogen-bond donors (Lipinski definition) is 0. The second-order valence-electron chi connectivity index (χ2n) is 4.89. The van der Waals surface area contributed by atoms with Gasteiger partial charge in [-0.2, -0.15) is 0 Å². The highest BCUT2D eigenvalue weighted by Crippen LogP contribution is 2.14. The fraction of sp³-hybridized carbons (Fsp3) is 0.188. The van der Waals surface area contributed by atoms with Crippen molar-refractivity contribution >= 4 is 11.6 Å². The van der Waals surface area contributed by atoms with Crippen LogP contribution in [0.4, 0.5) is 0 Å². The molecule has 0 saturated heterocycles. The van der Waals surface area contributed by atoms with Crippen molar-refractivity contribution in [3.63, 3.8) is 0 Å². The first-order valence-corrected chi connectivity index (χ1v) is 6.65. The highest BCUT2D eigenvalue weighted by Gasteiger charge is 2.15. The number of ether oxygens (including phenoxy) is 1. The molecule has 3 aromatic rings. The van der Waals surface area contributed by atoms with Gasteiger partial charge in [0.2, 0.25) is 0 Å². The van der Waals surface area contributed by atoms with E-state index in [9.17, 15) is 4.79 Å². The summed E-state index contributed by atoms with van der Waals surface area (Å²) in [6.45, 7) is 2.06. The number of nitrogens with zero attached hydrogens (tertiary/aromatic N) is 3. The maximum Gasteiger partial charge on any atom is 0.341 e. The number of carbonyl (C=O) groups is 1. The molecule has 0 aliphatic heterocycles. The van der Waals surface area contributed by atoms with Crippen LogP contribution in [0, 0.1) is 6.92 Å². The van der Waals surface area contributed by atoms with Crippen molar-refractivity contribution in [1.82, 2.24) is 14.6 Å². The van der Waals surface area contributed by atoms with Gasteiger partial charge in [0.25, 0.3) is 0 Å². The lowest BCUT2D eigenvalue weighted by molar-refractivity contribution is 0.0602. The van der Waals surface area contributed by atoms with Gasteiger partial charge >= 0.3 is 5.97 Å². The number of pyridine rings is 1. The molecule has 106 valence electrons. The summed E-state index contributed by atoms with van der Waals surface area (Å²) in [6, 6.07) is 11.7. The summed E-state index contributed by atoms with van der Waals surface area (Å²) in [5.74, 6) is 0.386. The zero-order chi connectivity index (χ0) is 14.8. The fourth-order valence-electron chi connectivity index (χ4n) is 2.36. The molecular formula is C16H15N3O2. The van der Waals surface area contributed by atoms with Crippen molar-refractivity contribution in [2.75, 3.05) is 7.11 Å². The van der Waals surface area contributed by atoms with Crippen molar-refractivity contribution in [1.29, 1.82) is 0 Å². The lowest BCUT2D eigenvalue weighted by atomic mass is 10.1. The quantitative estimate of drug-likeness (QED) is 0.692. The first-order valence-electron chi connectivity index (χ1n) is 6.65. The first kappa shape index (κ1) is 13.3. The Hall–Kier alpha value is -2.69. The van der Waals surface area contributed by atoms with E-state index < -0.39 is 5.97 Å². The Morgan fingerprint density at radius 3 is 2.86 bits per heavy atom. The Balaban J connectivity index is 2.03. The van der Waals surface area contributed by atoms with Crippen molar-refractivity contribution in [3.05, 3.63) is 65.1 Å². The van der Waals surface area contributed by atoms with Crippen LogP contribution in [0.1, 0.15) is 27.3 Å². The minimum absolute atomic E-state index is 0.407. The van der Waals surface area contributed by atoms with Crippen LogP contribution in [0.15, 0.2) is 42.6 Å². The number of rotatable bonds is 3. The number of esters is 1. The summed E-state index contributed by atoms with van der Waals surface area (Å²) >= 11 is 0. The summed E-state index contributed by atoms with van der Waals surface area (Å²) in [5, 5.41) is 8.32. The molecule has 1 aromatic carbocycles. The van der Waals surface area contributed by atoms with Gasteiger partial charge in [0, 0.05) is 12.6 Å². The number of aromatic nitrogens is 3. The van der Waals surface area contributed by atoms with E-state index in [0.717, 1.165) is 11.4 Å². The third-order valence-corrected chi connectivity index (χ3v) is 3.36. The molecular weight excluding hydrogens is 266 g/mol. The summed E-state index contributed by atoms with van der Waals surface area (Å²) in [5.41, 5.74) is 3.30. The Bertz CT molecular complexity index is 808.